The number of carbonyl (C=O) groups excluding carboxylic acids is 2. The molecule has 3 unspecified atom stereocenters. The molecule has 30 heavy (non-hydrogen) atoms. The van der Waals surface area contributed by atoms with E-state index in [9.17, 15) is 19.2 Å². The summed E-state index contributed by atoms with van der Waals surface area (Å²) in [6.07, 6.45) is 0.868. The van der Waals surface area contributed by atoms with Gasteiger partial charge in [0.25, 0.3) is 5.56 Å². The maximum absolute atomic E-state index is 13.4. The van der Waals surface area contributed by atoms with Gasteiger partial charge < -0.3 is 14.8 Å². The third kappa shape index (κ3) is 3.69. The summed E-state index contributed by atoms with van der Waals surface area (Å²) >= 11 is 0. The van der Waals surface area contributed by atoms with Crippen LogP contribution in [0.3, 0.4) is 0 Å². The Kier molecular flexibility index (Phi) is 5.32. The van der Waals surface area contributed by atoms with E-state index in [0.29, 0.717) is 31.7 Å². The number of hydrogen-bond donors (Lipinski definition) is 2. The van der Waals surface area contributed by atoms with Crippen molar-refractivity contribution in [2.45, 2.75) is 38.6 Å². The van der Waals surface area contributed by atoms with Crippen LogP contribution in [-0.2, 0) is 9.59 Å². The van der Waals surface area contributed by atoms with Gasteiger partial charge in [0.05, 0.1) is 12.0 Å². The Bertz CT molecular complexity index is 1060. The Labute approximate surface area is 173 Å². The quantitative estimate of drug-likeness (QED) is 0.792. The van der Waals surface area contributed by atoms with Crippen LogP contribution in [0.1, 0.15) is 48.5 Å². The maximum Gasteiger partial charge on any atom is 0.325 e. The van der Waals surface area contributed by atoms with Crippen molar-refractivity contribution in [1.29, 1.82) is 0 Å². The first-order valence-corrected chi connectivity index (χ1v) is 10.4. The Balaban J connectivity index is 1.58. The van der Waals surface area contributed by atoms with Crippen LogP contribution in [-0.4, -0.2) is 51.2 Å². The number of nitrogens with one attached hydrogen (secondary N) is 2. The number of aromatic nitrogens is 2. The average molecular weight is 410 g/mol. The van der Waals surface area contributed by atoms with Gasteiger partial charge in [0.2, 0.25) is 11.8 Å². The number of H-pyrrole nitrogens is 2. The van der Waals surface area contributed by atoms with Crippen molar-refractivity contribution in [2.75, 3.05) is 19.6 Å². The fraction of sp³-hybridized carbons (Fsp3) is 0.455. The zero-order valence-corrected chi connectivity index (χ0v) is 17.2. The van der Waals surface area contributed by atoms with Gasteiger partial charge in [-0.15, -0.1) is 0 Å². The summed E-state index contributed by atoms with van der Waals surface area (Å²) < 4.78 is 0. The molecule has 8 nitrogen and oxygen atoms in total. The SMILES string of the molecule is CCN1C(=O)CC(C(=O)N2CCC(c3cc(=O)[nH]c(=O)[nH]3)C2)C1c1cccc(C)c1. The first kappa shape index (κ1) is 20.1. The van der Waals surface area contributed by atoms with Crippen LogP contribution >= 0.6 is 0 Å². The molecule has 2 aromatic rings. The highest BCUT2D eigenvalue weighted by atomic mass is 16.2. The van der Waals surface area contributed by atoms with E-state index in [4.69, 9.17) is 0 Å². The van der Waals surface area contributed by atoms with Gasteiger partial charge in [-0.2, -0.15) is 0 Å². The largest absolute Gasteiger partial charge is 0.342 e. The number of nitrogens with zero attached hydrogens (tertiary/aromatic N) is 2. The Morgan fingerprint density at radius 1 is 1.17 bits per heavy atom. The molecule has 158 valence electrons. The molecule has 2 aliphatic rings. The minimum Gasteiger partial charge on any atom is -0.342 e. The zero-order chi connectivity index (χ0) is 21.4. The standard InChI is InChI=1S/C22H26N4O4/c1-3-26-19(28)10-16(20(26)14-6-4-5-13(2)9-14)21(29)25-8-7-15(12-25)17-11-18(27)24-22(30)23-17/h4-6,9,11,15-16,20H,3,7-8,10,12H2,1-2H3,(H2,23,24,27,30). The molecule has 2 N–H and O–H groups in total. The predicted molar refractivity (Wildman–Crippen MR) is 111 cm³/mol. The van der Waals surface area contributed by atoms with Gasteiger partial charge in [-0.1, -0.05) is 29.8 Å². The second-order valence-corrected chi connectivity index (χ2v) is 8.16. The Morgan fingerprint density at radius 2 is 1.97 bits per heavy atom. The normalized spacial score (nSPS) is 23.9. The number of aryl methyl sites for hydroxylation is 1. The molecule has 2 aliphatic heterocycles. The van der Waals surface area contributed by atoms with Crippen LogP contribution in [0.5, 0.6) is 0 Å². The van der Waals surface area contributed by atoms with Gasteiger partial charge in [0.15, 0.2) is 0 Å². The maximum atomic E-state index is 13.4. The first-order valence-electron chi connectivity index (χ1n) is 10.4. The van der Waals surface area contributed by atoms with Gasteiger partial charge in [-0.05, 0) is 25.8 Å². The van der Waals surface area contributed by atoms with E-state index in [1.54, 1.807) is 9.80 Å². The third-order valence-corrected chi connectivity index (χ3v) is 6.19. The number of carbonyl (C=O) groups is 2. The lowest BCUT2D eigenvalue weighted by molar-refractivity contribution is -0.135. The van der Waals surface area contributed by atoms with Crippen molar-refractivity contribution >= 4 is 11.8 Å². The highest BCUT2D eigenvalue weighted by Crippen LogP contribution is 2.40. The highest BCUT2D eigenvalue weighted by Gasteiger charge is 2.46. The van der Waals surface area contributed by atoms with Crippen LogP contribution in [0, 0.1) is 12.8 Å². The fourth-order valence-corrected chi connectivity index (χ4v) is 4.81. The van der Waals surface area contributed by atoms with Crippen LogP contribution in [0.25, 0.3) is 0 Å². The molecular weight excluding hydrogens is 384 g/mol. The van der Waals surface area contributed by atoms with E-state index in [1.165, 1.54) is 6.07 Å². The number of likely N-dealkylation sites (tertiary alicyclic amines) is 2. The molecule has 8 heteroatoms. The molecule has 1 aromatic carbocycles. The van der Waals surface area contributed by atoms with E-state index < -0.39 is 17.2 Å². The molecule has 3 heterocycles. The number of aromatic amines is 2. The van der Waals surface area contributed by atoms with Gasteiger partial charge >= 0.3 is 5.69 Å². The molecule has 4 rings (SSSR count). The average Bonchev–Trinajstić information content (AvgIpc) is 3.31. The summed E-state index contributed by atoms with van der Waals surface area (Å²) in [6.45, 7) is 5.45. The molecule has 0 spiro atoms. The monoisotopic (exact) mass is 410 g/mol. The van der Waals surface area contributed by atoms with Crippen molar-refractivity contribution in [2.24, 2.45) is 5.92 Å². The van der Waals surface area contributed by atoms with Crippen molar-refractivity contribution in [1.82, 2.24) is 19.8 Å². The van der Waals surface area contributed by atoms with Crippen molar-refractivity contribution in [3.8, 4) is 0 Å². The van der Waals surface area contributed by atoms with Gasteiger partial charge in [-0.3, -0.25) is 19.4 Å². The smallest absolute Gasteiger partial charge is 0.325 e. The molecule has 0 aliphatic carbocycles. The van der Waals surface area contributed by atoms with Crippen LogP contribution < -0.4 is 11.2 Å². The summed E-state index contributed by atoms with van der Waals surface area (Å²) in [5, 5.41) is 0. The summed E-state index contributed by atoms with van der Waals surface area (Å²) in [4.78, 5) is 57.7. The number of benzene rings is 1. The van der Waals surface area contributed by atoms with Gasteiger partial charge in [-0.25, -0.2) is 4.79 Å². The van der Waals surface area contributed by atoms with Crippen LogP contribution in [0.2, 0.25) is 0 Å². The Hall–Kier alpha value is -3.16. The molecule has 2 amide bonds. The zero-order valence-electron chi connectivity index (χ0n) is 17.2. The summed E-state index contributed by atoms with van der Waals surface area (Å²) in [5.74, 6) is -0.575. The van der Waals surface area contributed by atoms with Crippen LogP contribution in [0.15, 0.2) is 39.9 Å². The predicted octanol–water partition coefficient (Wildman–Crippen LogP) is 1.30. The second kappa shape index (κ2) is 7.93. The van der Waals surface area contributed by atoms with Crippen LogP contribution in [0.4, 0.5) is 0 Å². The number of hydrogen-bond acceptors (Lipinski definition) is 4. The van der Waals surface area contributed by atoms with E-state index in [1.807, 2.05) is 38.1 Å². The number of rotatable bonds is 4. The van der Waals surface area contributed by atoms with Crippen molar-refractivity contribution < 1.29 is 9.59 Å². The molecule has 2 fully saturated rings. The molecule has 0 radical (unpaired) electrons. The van der Waals surface area contributed by atoms with Crippen molar-refractivity contribution in [3.05, 3.63) is 68.0 Å². The molecular formula is C22H26N4O4. The van der Waals surface area contributed by atoms with Gasteiger partial charge in [0, 0.05) is 43.7 Å². The van der Waals surface area contributed by atoms with E-state index >= 15 is 0 Å². The third-order valence-electron chi connectivity index (χ3n) is 6.19. The summed E-state index contributed by atoms with van der Waals surface area (Å²) in [7, 11) is 0. The topological polar surface area (TPSA) is 106 Å². The minimum atomic E-state index is -0.540. The lowest BCUT2D eigenvalue weighted by Crippen LogP contribution is -2.38. The summed E-state index contributed by atoms with van der Waals surface area (Å²) in [6, 6.07) is 9.09. The van der Waals surface area contributed by atoms with Gasteiger partial charge in [0.1, 0.15) is 0 Å². The highest BCUT2D eigenvalue weighted by molar-refractivity contribution is 5.90. The second-order valence-electron chi connectivity index (χ2n) is 8.16. The lowest BCUT2D eigenvalue weighted by Gasteiger charge is -2.29. The molecule has 0 saturated carbocycles. The fourth-order valence-electron chi connectivity index (χ4n) is 4.81. The number of amides is 2. The van der Waals surface area contributed by atoms with Crippen molar-refractivity contribution in [3.63, 3.8) is 0 Å². The van der Waals surface area contributed by atoms with E-state index in [-0.39, 0.29) is 30.2 Å². The minimum absolute atomic E-state index is 0.00275. The summed E-state index contributed by atoms with van der Waals surface area (Å²) in [5.41, 5.74) is 1.64. The van der Waals surface area contributed by atoms with E-state index in [0.717, 1.165) is 11.1 Å². The molecule has 3 atom stereocenters. The van der Waals surface area contributed by atoms with E-state index in [2.05, 4.69) is 9.97 Å². The molecule has 1 aromatic heterocycles. The molecule has 0 bridgehead atoms. The lowest BCUT2D eigenvalue weighted by atomic mass is 9.91. The first-order chi connectivity index (χ1) is 14.4. The molecule has 2 saturated heterocycles. The Morgan fingerprint density at radius 3 is 2.67 bits per heavy atom.